The fourth-order valence-corrected chi connectivity index (χ4v) is 3.29. The minimum Gasteiger partial charge on any atom is -0.385 e. The molecule has 6 heteroatoms. The van der Waals surface area contributed by atoms with Gasteiger partial charge in [-0.05, 0) is 25.7 Å². The van der Waals surface area contributed by atoms with Crippen molar-refractivity contribution in [3.05, 3.63) is 18.0 Å². The molecule has 3 heterocycles. The third-order valence-electron chi connectivity index (χ3n) is 4.60. The van der Waals surface area contributed by atoms with E-state index in [2.05, 4.69) is 19.8 Å². The van der Waals surface area contributed by atoms with Gasteiger partial charge in [-0.2, -0.15) is 0 Å². The quantitative estimate of drug-likeness (QED) is 0.795. The molecule has 2 fully saturated rings. The number of ether oxygens (including phenoxy) is 2. The molecule has 0 saturated carbocycles. The normalized spacial score (nSPS) is 23.2. The lowest BCUT2D eigenvalue weighted by Gasteiger charge is -2.32. The van der Waals surface area contributed by atoms with E-state index in [4.69, 9.17) is 9.47 Å². The number of rotatable bonds is 6. The molecular weight excluding hydrogens is 292 g/mol. The molecule has 1 atom stereocenters. The van der Waals surface area contributed by atoms with E-state index < -0.39 is 0 Å². The zero-order chi connectivity index (χ0) is 15.9. The van der Waals surface area contributed by atoms with Gasteiger partial charge >= 0.3 is 0 Å². The van der Waals surface area contributed by atoms with Crippen molar-refractivity contribution in [2.24, 2.45) is 0 Å². The van der Waals surface area contributed by atoms with Crippen LogP contribution in [-0.4, -0.2) is 67.5 Å². The molecule has 1 aromatic rings. The second-order valence-electron chi connectivity index (χ2n) is 6.45. The first-order valence-corrected chi connectivity index (χ1v) is 8.74. The van der Waals surface area contributed by atoms with Crippen molar-refractivity contribution >= 4 is 5.95 Å². The van der Waals surface area contributed by atoms with E-state index in [1.807, 2.05) is 12.4 Å². The molecule has 0 aromatic carbocycles. The number of hydrogen-bond donors (Lipinski definition) is 0. The monoisotopic (exact) mass is 320 g/mol. The van der Waals surface area contributed by atoms with Crippen LogP contribution in [0.2, 0.25) is 0 Å². The zero-order valence-corrected chi connectivity index (χ0v) is 14.1. The summed E-state index contributed by atoms with van der Waals surface area (Å²) in [6, 6.07) is 0. The number of piperidine rings is 1. The Labute approximate surface area is 138 Å². The lowest BCUT2D eigenvalue weighted by molar-refractivity contribution is -0.0433. The van der Waals surface area contributed by atoms with Gasteiger partial charge in [0.1, 0.15) is 0 Å². The molecule has 0 bridgehead atoms. The highest BCUT2D eigenvalue weighted by Crippen LogP contribution is 2.16. The van der Waals surface area contributed by atoms with Gasteiger partial charge in [0, 0.05) is 64.4 Å². The van der Waals surface area contributed by atoms with Crippen LogP contribution in [0.5, 0.6) is 0 Å². The third-order valence-corrected chi connectivity index (χ3v) is 4.60. The van der Waals surface area contributed by atoms with Gasteiger partial charge in [0.15, 0.2) is 0 Å². The van der Waals surface area contributed by atoms with Crippen molar-refractivity contribution in [2.75, 3.05) is 51.4 Å². The highest BCUT2D eigenvalue weighted by Gasteiger charge is 2.20. The molecule has 2 aliphatic rings. The standard InChI is InChI=1S/C17H28N4O2/c1-22-9-5-16-14-20(8-10-23-16)13-15-11-18-17(19-12-15)21-6-3-2-4-7-21/h11-12,16H,2-10,13-14H2,1H3. The fraction of sp³-hybridized carbons (Fsp3) is 0.765. The van der Waals surface area contributed by atoms with Gasteiger partial charge in [-0.1, -0.05) is 0 Å². The third kappa shape index (κ3) is 4.86. The SMILES string of the molecule is COCCC1CN(Cc2cnc(N3CCCCC3)nc2)CCO1. The number of nitrogens with zero attached hydrogens (tertiary/aromatic N) is 4. The maximum Gasteiger partial charge on any atom is 0.225 e. The minimum absolute atomic E-state index is 0.275. The van der Waals surface area contributed by atoms with Crippen LogP contribution in [0.4, 0.5) is 5.95 Å². The Bertz CT molecular complexity index is 462. The van der Waals surface area contributed by atoms with Gasteiger partial charge in [0.05, 0.1) is 12.7 Å². The van der Waals surface area contributed by atoms with E-state index in [1.54, 1.807) is 7.11 Å². The van der Waals surface area contributed by atoms with Gasteiger partial charge in [0.2, 0.25) is 5.95 Å². The van der Waals surface area contributed by atoms with Gasteiger partial charge in [-0.15, -0.1) is 0 Å². The van der Waals surface area contributed by atoms with Crippen LogP contribution < -0.4 is 4.90 Å². The van der Waals surface area contributed by atoms with Crippen LogP contribution in [0.25, 0.3) is 0 Å². The van der Waals surface area contributed by atoms with E-state index in [9.17, 15) is 0 Å². The summed E-state index contributed by atoms with van der Waals surface area (Å²) in [6.45, 7) is 6.54. The van der Waals surface area contributed by atoms with Crippen LogP contribution in [0.1, 0.15) is 31.2 Å². The summed E-state index contributed by atoms with van der Waals surface area (Å²) in [5.74, 6) is 0.883. The number of anilines is 1. The number of aromatic nitrogens is 2. The summed E-state index contributed by atoms with van der Waals surface area (Å²) < 4.78 is 10.9. The molecule has 128 valence electrons. The largest absolute Gasteiger partial charge is 0.385 e. The average Bonchev–Trinajstić information content (AvgIpc) is 2.62. The number of hydrogen-bond acceptors (Lipinski definition) is 6. The Hall–Kier alpha value is -1.24. The number of methoxy groups -OCH3 is 1. The molecule has 1 aromatic heterocycles. The smallest absolute Gasteiger partial charge is 0.225 e. The molecular formula is C17H28N4O2. The first-order chi connectivity index (χ1) is 11.3. The number of morpholine rings is 1. The summed E-state index contributed by atoms with van der Waals surface area (Å²) in [5.41, 5.74) is 1.18. The van der Waals surface area contributed by atoms with Crippen LogP contribution in [0.3, 0.4) is 0 Å². The van der Waals surface area contributed by atoms with Gasteiger partial charge < -0.3 is 14.4 Å². The predicted octanol–water partition coefficient (Wildman–Crippen LogP) is 1.70. The van der Waals surface area contributed by atoms with Crippen molar-refractivity contribution in [1.82, 2.24) is 14.9 Å². The van der Waals surface area contributed by atoms with Crippen molar-refractivity contribution in [2.45, 2.75) is 38.3 Å². The van der Waals surface area contributed by atoms with E-state index in [0.29, 0.717) is 0 Å². The Morgan fingerprint density at radius 2 is 1.96 bits per heavy atom. The van der Waals surface area contributed by atoms with Crippen LogP contribution in [0, 0.1) is 0 Å². The van der Waals surface area contributed by atoms with E-state index in [0.717, 1.165) is 58.3 Å². The Morgan fingerprint density at radius 1 is 1.17 bits per heavy atom. The molecule has 2 saturated heterocycles. The molecule has 3 rings (SSSR count). The minimum atomic E-state index is 0.275. The summed E-state index contributed by atoms with van der Waals surface area (Å²) in [5, 5.41) is 0. The first kappa shape index (κ1) is 16.6. The van der Waals surface area contributed by atoms with Crippen molar-refractivity contribution in [1.29, 1.82) is 0 Å². The molecule has 0 radical (unpaired) electrons. The molecule has 2 aliphatic heterocycles. The lowest BCUT2D eigenvalue weighted by Crippen LogP contribution is -2.42. The van der Waals surface area contributed by atoms with Gasteiger partial charge in [-0.3, -0.25) is 4.90 Å². The van der Waals surface area contributed by atoms with E-state index in [-0.39, 0.29) is 6.10 Å². The summed E-state index contributed by atoms with van der Waals surface area (Å²) >= 11 is 0. The van der Waals surface area contributed by atoms with E-state index in [1.165, 1.54) is 24.8 Å². The van der Waals surface area contributed by atoms with Crippen LogP contribution in [-0.2, 0) is 16.0 Å². The highest BCUT2D eigenvalue weighted by atomic mass is 16.5. The molecule has 0 aliphatic carbocycles. The molecule has 0 spiro atoms. The van der Waals surface area contributed by atoms with Crippen LogP contribution >= 0.6 is 0 Å². The van der Waals surface area contributed by atoms with Crippen LogP contribution in [0.15, 0.2) is 12.4 Å². The van der Waals surface area contributed by atoms with E-state index >= 15 is 0 Å². The van der Waals surface area contributed by atoms with Gasteiger partial charge in [-0.25, -0.2) is 9.97 Å². The molecule has 0 N–H and O–H groups in total. The van der Waals surface area contributed by atoms with Crippen molar-refractivity contribution < 1.29 is 9.47 Å². The van der Waals surface area contributed by atoms with Gasteiger partial charge in [0.25, 0.3) is 0 Å². The summed E-state index contributed by atoms with van der Waals surface area (Å²) in [6.07, 6.45) is 9.03. The fourth-order valence-electron chi connectivity index (χ4n) is 3.29. The second-order valence-corrected chi connectivity index (χ2v) is 6.45. The predicted molar refractivity (Wildman–Crippen MR) is 89.6 cm³/mol. The molecule has 6 nitrogen and oxygen atoms in total. The average molecular weight is 320 g/mol. The summed E-state index contributed by atoms with van der Waals surface area (Å²) in [7, 11) is 1.74. The maximum atomic E-state index is 5.79. The molecule has 23 heavy (non-hydrogen) atoms. The molecule has 0 amide bonds. The Balaban J connectivity index is 1.51. The zero-order valence-electron chi connectivity index (χ0n) is 14.1. The highest BCUT2D eigenvalue weighted by molar-refractivity contribution is 5.30. The van der Waals surface area contributed by atoms with Crippen molar-refractivity contribution in [3.63, 3.8) is 0 Å². The Kier molecular flexibility index (Phi) is 6.19. The maximum absolute atomic E-state index is 5.79. The Morgan fingerprint density at radius 3 is 2.70 bits per heavy atom. The first-order valence-electron chi connectivity index (χ1n) is 8.74. The molecule has 1 unspecified atom stereocenters. The summed E-state index contributed by atoms with van der Waals surface area (Å²) in [4.78, 5) is 13.9. The van der Waals surface area contributed by atoms with Crippen molar-refractivity contribution in [3.8, 4) is 0 Å². The lowest BCUT2D eigenvalue weighted by atomic mass is 10.1. The topological polar surface area (TPSA) is 50.7 Å². The second kappa shape index (κ2) is 8.57.